The van der Waals surface area contributed by atoms with Crippen LogP contribution in [0.2, 0.25) is 0 Å². The van der Waals surface area contributed by atoms with Gasteiger partial charge in [0.15, 0.2) is 0 Å². The Morgan fingerprint density at radius 1 is 1.30 bits per heavy atom. The van der Waals surface area contributed by atoms with Crippen molar-refractivity contribution in [3.8, 4) is 5.75 Å². The Morgan fingerprint density at radius 3 is 3.04 bits per heavy atom. The molecule has 0 bridgehead atoms. The van der Waals surface area contributed by atoms with Crippen LogP contribution in [0.15, 0.2) is 24.5 Å². The molecule has 0 N–H and O–H groups in total. The van der Waals surface area contributed by atoms with E-state index in [1.54, 1.807) is 6.20 Å². The summed E-state index contributed by atoms with van der Waals surface area (Å²) in [6.07, 6.45) is 10.2. The van der Waals surface area contributed by atoms with Gasteiger partial charge < -0.3 is 14.4 Å². The summed E-state index contributed by atoms with van der Waals surface area (Å²) in [4.78, 5) is 6.87. The van der Waals surface area contributed by atoms with E-state index >= 15 is 0 Å². The van der Waals surface area contributed by atoms with Gasteiger partial charge in [0, 0.05) is 44.5 Å². The van der Waals surface area contributed by atoms with Gasteiger partial charge in [0.25, 0.3) is 0 Å². The lowest BCUT2D eigenvalue weighted by Crippen LogP contribution is -2.36. The first-order chi connectivity index (χ1) is 11.3. The second-order valence-electron chi connectivity index (χ2n) is 7.68. The van der Waals surface area contributed by atoms with Crippen LogP contribution in [0.4, 0.5) is 0 Å². The van der Waals surface area contributed by atoms with Crippen LogP contribution in [-0.4, -0.2) is 49.3 Å². The molecule has 1 saturated carbocycles. The third-order valence-electron chi connectivity index (χ3n) is 6.13. The first kappa shape index (κ1) is 15.4. The van der Waals surface area contributed by atoms with Crippen LogP contribution in [0.25, 0.3) is 0 Å². The molecule has 4 nitrogen and oxygen atoms in total. The Morgan fingerprint density at radius 2 is 2.22 bits per heavy atom. The Balaban J connectivity index is 1.36. The third kappa shape index (κ3) is 3.38. The van der Waals surface area contributed by atoms with Crippen LogP contribution in [0, 0.1) is 17.3 Å². The Kier molecular flexibility index (Phi) is 4.54. The minimum absolute atomic E-state index is 0.376. The van der Waals surface area contributed by atoms with Gasteiger partial charge in [-0.25, -0.2) is 0 Å². The van der Waals surface area contributed by atoms with Crippen molar-refractivity contribution >= 4 is 0 Å². The van der Waals surface area contributed by atoms with Crippen molar-refractivity contribution in [2.75, 3.05) is 39.5 Å². The summed E-state index contributed by atoms with van der Waals surface area (Å²) in [6, 6.07) is 3.97. The van der Waals surface area contributed by atoms with Gasteiger partial charge in [0.1, 0.15) is 5.75 Å². The van der Waals surface area contributed by atoms with E-state index in [9.17, 15) is 0 Å². The van der Waals surface area contributed by atoms with E-state index in [2.05, 4.69) is 9.88 Å². The molecule has 0 amide bonds. The Hall–Kier alpha value is -1.13. The predicted molar refractivity (Wildman–Crippen MR) is 89.5 cm³/mol. The van der Waals surface area contributed by atoms with Gasteiger partial charge in [-0.2, -0.15) is 0 Å². The molecule has 1 aliphatic carbocycles. The maximum absolute atomic E-state index is 6.12. The summed E-state index contributed by atoms with van der Waals surface area (Å²) in [6.45, 7) is 6.51. The Labute approximate surface area is 139 Å². The summed E-state index contributed by atoms with van der Waals surface area (Å²) in [5.74, 6) is 2.56. The monoisotopic (exact) mass is 316 g/mol. The summed E-state index contributed by atoms with van der Waals surface area (Å²) < 4.78 is 11.6. The molecule has 2 aliphatic heterocycles. The zero-order valence-electron chi connectivity index (χ0n) is 14.0. The molecule has 3 aliphatic rings. The molecule has 1 aromatic heterocycles. The molecule has 2 saturated heterocycles. The van der Waals surface area contributed by atoms with Crippen LogP contribution in [-0.2, 0) is 4.74 Å². The zero-order chi connectivity index (χ0) is 15.5. The van der Waals surface area contributed by atoms with E-state index in [0.29, 0.717) is 5.41 Å². The standard InChI is InChI=1S/C19H28N2O2/c1-3-17-13-21(12-16-5-9-22-10-6-16)14-19(17,7-1)15-23-18-4-2-8-20-11-18/h2,4,8,11,16-17H,1,3,5-7,9-10,12-15H2/t17-,19+/m1/s1. The number of rotatable bonds is 5. The van der Waals surface area contributed by atoms with Crippen molar-refractivity contribution < 1.29 is 9.47 Å². The third-order valence-corrected chi connectivity index (χ3v) is 6.13. The van der Waals surface area contributed by atoms with Crippen molar-refractivity contribution in [3.05, 3.63) is 24.5 Å². The molecule has 3 heterocycles. The Bertz CT molecular complexity index is 503. The molecule has 0 unspecified atom stereocenters. The second-order valence-corrected chi connectivity index (χ2v) is 7.68. The van der Waals surface area contributed by atoms with Crippen molar-refractivity contribution in [1.29, 1.82) is 0 Å². The molecule has 1 aromatic rings. The summed E-state index contributed by atoms with van der Waals surface area (Å²) >= 11 is 0. The van der Waals surface area contributed by atoms with Gasteiger partial charge in [-0.1, -0.05) is 6.42 Å². The zero-order valence-corrected chi connectivity index (χ0v) is 14.0. The van der Waals surface area contributed by atoms with Crippen molar-refractivity contribution in [1.82, 2.24) is 9.88 Å². The van der Waals surface area contributed by atoms with Crippen molar-refractivity contribution in [3.63, 3.8) is 0 Å². The van der Waals surface area contributed by atoms with E-state index in [1.807, 2.05) is 18.3 Å². The molecule has 0 radical (unpaired) electrons. The fourth-order valence-electron chi connectivity index (χ4n) is 4.85. The van der Waals surface area contributed by atoms with Crippen LogP contribution >= 0.6 is 0 Å². The van der Waals surface area contributed by atoms with E-state index in [-0.39, 0.29) is 0 Å². The highest BCUT2D eigenvalue weighted by Crippen LogP contribution is 2.49. The number of hydrogen-bond donors (Lipinski definition) is 0. The molecular formula is C19H28N2O2. The normalized spacial score (nSPS) is 32.1. The second kappa shape index (κ2) is 6.78. The maximum atomic E-state index is 6.12. The molecule has 0 aromatic carbocycles. The number of aromatic nitrogens is 1. The van der Waals surface area contributed by atoms with E-state index < -0.39 is 0 Å². The number of nitrogens with zero attached hydrogens (tertiary/aromatic N) is 2. The molecular weight excluding hydrogens is 288 g/mol. The molecule has 126 valence electrons. The van der Waals surface area contributed by atoms with Crippen LogP contribution < -0.4 is 4.74 Å². The lowest BCUT2D eigenvalue weighted by molar-refractivity contribution is 0.0524. The summed E-state index contributed by atoms with van der Waals surface area (Å²) in [5, 5.41) is 0. The molecule has 2 atom stereocenters. The topological polar surface area (TPSA) is 34.6 Å². The average Bonchev–Trinajstić information content (AvgIpc) is 3.12. The molecule has 4 rings (SSSR count). The van der Waals surface area contributed by atoms with Gasteiger partial charge in [-0.15, -0.1) is 0 Å². The van der Waals surface area contributed by atoms with Gasteiger partial charge in [0.05, 0.1) is 12.8 Å². The van der Waals surface area contributed by atoms with Crippen molar-refractivity contribution in [2.45, 2.75) is 32.1 Å². The summed E-state index contributed by atoms with van der Waals surface area (Å²) in [5.41, 5.74) is 0.376. The van der Waals surface area contributed by atoms with Crippen LogP contribution in [0.3, 0.4) is 0 Å². The molecule has 23 heavy (non-hydrogen) atoms. The molecule has 3 fully saturated rings. The van der Waals surface area contributed by atoms with Gasteiger partial charge in [-0.05, 0) is 49.7 Å². The van der Waals surface area contributed by atoms with Crippen LogP contribution in [0.1, 0.15) is 32.1 Å². The SMILES string of the molecule is c1cncc(OC[C@@]23CCC[C@@H]2CN(CC2CCOCC2)C3)c1. The predicted octanol–water partition coefficient (Wildman–Crippen LogP) is 2.99. The molecule has 0 spiro atoms. The van der Waals surface area contributed by atoms with Gasteiger partial charge >= 0.3 is 0 Å². The minimum Gasteiger partial charge on any atom is -0.491 e. The highest BCUT2D eigenvalue weighted by molar-refractivity contribution is 5.16. The maximum Gasteiger partial charge on any atom is 0.137 e. The lowest BCUT2D eigenvalue weighted by atomic mass is 9.81. The average molecular weight is 316 g/mol. The van der Waals surface area contributed by atoms with Gasteiger partial charge in [0.2, 0.25) is 0 Å². The number of fused-ring (bicyclic) bond motifs is 1. The number of pyridine rings is 1. The number of likely N-dealkylation sites (tertiary alicyclic amines) is 1. The fourth-order valence-corrected chi connectivity index (χ4v) is 4.85. The van der Waals surface area contributed by atoms with Crippen LogP contribution in [0.5, 0.6) is 5.75 Å². The lowest BCUT2D eigenvalue weighted by Gasteiger charge is -2.30. The fraction of sp³-hybridized carbons (Fsp3) is 0.737. The molecule has 4 heteroatoms. The van der Waals surface area contributed by atoms with E-state index in [4.69, 9.17) is 9.47 Å². The highest BCUT2D eigenvalue weighted by Gasteiger charge is 2.50. The van der Waals surface area contributed by atoms with E-state index in [0.717, 1.165) is 37.4 Å². The largest absolute Gasteiger partial charge is 0.491 e. The summed E-state index contributed by atoms with van der Waals surface area (Å²) in [7, 11) is 0. The highest BCUT2D eigenvalue weighted by atomic mass is 16.5. The minimum atomic E-state index is 0.376. The van der Waals surface area contributed by atoms with E-state index in [1.165, 1.54) is 51.7 Å². The number of ether oxygens (including phenoxy) is 2. The number of hydrogen-bond acceptors (Lipinski definition) is 4. The smallest absolute Gasteiger partial charge is 0.137 e. The first-order valence-corrected chi connectivity index (χ1v) is 9.17. The first-order valence-electron chi connectivity index (χ1n) is 9.17. The van der Waals surface area contributed by atoms with Gasteiger partial charge in [-0.3, -0.25) is 4.98 Å². The van der Waals surface area contributed by atoms with Crippen molar-refractivity contribution in [2.24, 2.45) is 17.3 Å². The quantitative estimate of drug-likeness (QED) is 0.836.